The molecule has 0 aliphatic carbocycles. The average molecular weight is 262 g/mol. The second-order valence-corrected chi connectivity index (χ2v) is 5.64. The summed E-state index contributed by atoms with van der Waals surface area (Å²) in [5.74, 6) is 0.832. The molecule has 18 heavy (non-hydrogen) atoms. The highest BCUT2D eigenvalue weighted by Crippen LogP contribution is 2.33. The monoisotopic (exact) mass is 262 g/mol. The van der Waals surface area contributed by atoms with Crippen LogP contribution in [-0.2, 0) is 0 Å². The number of nitrogens with zero attached hydrogens (tertiary/aromatic N) is 1. The van der Waals surface area contributed by atoms with E-state index in [2.05, 4.69) is 18.0 Å². The van der Waals surface area contributed by atoms with E-state index in [1.165, 1.54) is 5.56 Å². The number of thiazole rings is 1. The van der Waals surface area contributed by atoms with Crippen LogP contribution in [0, 0.1) is 20.8 Å². The molecule has 3 nitrogen and oxygen atoms in total. The lowest BCUT2D eigenvalue weighted by atomic mass is 10.0. The number of benzene rings is 1. The van der Waals surface area contributed by atoms with Crippen molar-refractivity contribution in [1.29, 1.82) is 0 Å². The summed E-state index contributed by atoms with van der Waals surface area (Å²) in [6, 6.07) is 5.90. The zero-order valence-corrected chi connectivity index (χ0v) is 12.0. The number of aromatic nitrogens is 1. The van der Waals surface area contributed by atoms with Crippen molar-refractivity contribution in [2.24, 2.45) is 5.73 Å². The van der Waals surface area contributed by atoms with Crippen LogP contribution in [0.1, 0.15) is 32.7 Å². The molecule has 0 spiro atoms. The Morgan fingerprint density at radius 1 is 1.28 bits per heavy atom. The van der Waals surface area contributed by atoms with Crippen LogP contribution >= 0.6 is 11.3 Å². The lowest BCUT2D eigenvalue weighted by Gasteiger charge is -2.15. The third kappa shape index (κ3) is 2.40. The Labute approximate surface area is 112 Å². The van der Waals surface area contributed by atoms with Crippen LogP contribution in [0.15, 0.2) is 18.2 Å². The minimum atomic E-state index is -0.175. The van der Waals surface area contributed by atoms with Crippen LogP contribution in [0.25, 0.3) is 0 Å². The molecule has 0 fully saturated rings. The third-order valence-electron chi connectivity index (χ3n) is 2.94. The summed E-state index contributed by atoms with van der Waals surface area (Å²) in [6.07, 6.45) is 0. The van der Waals surface area contributed by atoms with E-state index in [9.17, 15) is 0 Å². The van der Waals surface area contributed by atoms with E-state index in [4.69, 9.17) is 10.5 Å². The second-order valence-electron chi connectivity index (χ2n) is 4.41. The molecule has 1 heterocycles. The van der Waals surface area contributed by atoms with E-state index in [1.807, 2.05) is 26.0 Å². The fourth-order valence-corrected chi connectivity index (χ4v) is 3.02. The van der Waals surface area contributed by atoms with E-state index in [-0.39, 0.29) is 6.04 Å². The summed E-state index contributed by atoms with van der Waals surface area (Å²) in [4.78, 5) is 5.54. The van der Waals surface area contributed by atoms with Crippen LogP contribution in [0.5, 0.6) is 5.75 Å². The van der Waals surface area contributed by atoms with Crippen LogP contribution in [0.3, 0.4) is 0 Å². The van der Waals surface area contributed by atoms with Gasteiger partial charge in [-0.1, -0.05) is 17.7 Å². The zero-order chi connectivity index (χ0) is 13.3. The van der Waals surface area contributed by atoms with Gasteiger partial charge in [0.05, 0.1) is 23.9 Å². The average Bonchev–Trinajstić information content (AvgIpc) is 2.67. The lowest BCUT2D eigenvalue weighted by Crippen LogP contribution is -2.13. The van der Waals surface area contributed by atoms with Gasteiger partial charge >= 0.3 is 0 Å². The van der Waals surface area contributed by atoms with Crippen molar-refractivity contribution in [1.82, 2.24) is 4.98 Å². The first-order valence-corrected chi connectivity index (χ1v) is 6.68. The molecule has 2 N–H and O–H groups in total. The summed E-state index contributed by atoms with van der Waals surface area (Å²) >= 11 is 1.65. The van der Waals surface area contributed by atoms with E-state index >= 15 is 0 Å². The van der Waals surface area contributed by atoms with Crippen LogP contribution < -0.4 is 10.5 Å². The molecular weight excluding hydrogens is 244 g/mol. The number of methoxy groups -OCH3 is 1. The number of nitrogens with two attached hydrogens (primary N) is 1. The first-order valence-electron chi connectivity index (χ1n) is 5.87. The molecule has 0 saturated carbocycles. The fraction of sp³-hybridized carbons (Fsp3) is 0.357. The number of hydrogen-bond acceptors (Lipinski definition) is 4. The van der Waals surface area contributed by atoms with Gasteiger partial charge in [0, 0.05) is 10.4 Å². The number of rotatable bonds is 3. The third-order valence-corrected chi connectivity index (χ3v) is 4.10. The summed E-state index contributed by atoms with van der Waals surface area (Å²) in [5, 5.41) is 1.05. The minimum absolute atomic E-state index is 0.175. The van der Waals surface area contributed by atoms with Crippen molar-refractivity contribution in [3.63, 3.8) is 0 Å². The molecule has 0 bridgehead atoms. The Kier molecular flexibility index (Phi) is 3.68. The normalized spacial score (nSPS) is 12.5. The molecule has 2 aromatic rings. The number of hydrogen-bond donors (Lipinski definition) is 1. The maximum absolute atomic E-state index is 6.37. The topological polar surface area (TPSA) is 48.1 Å². The Balaban J connectivity index is 2.48. The zero-order valence-electron chi connectivity index (χ0n) is 11.2. The van der Waals surface area contributed by atoms with Crippen molar-refractivity contribution in [2.75, 3.05) is 7.11 Å². The minimum Gasteiger partial charge on any atom is -0.496 e. The molecule has 0 aliphatic rings. The predicted molar refractivity (Wildman–Crippen MR) is 75.3 cm³/mol. The van der Waals surface area contributed by atoms with E-state index in [0.29, 0.717) is 0 Å². The summed E-state index contributed by atoms with van der Waals surface area (Å²) < 4.78 is 5.39. The Morgan fingerprint density at radius 3 is 2.56 bits per heavy atom. The molecule has 0 amide bonds. The van der Waals surface area contributed by atoms with Crippen molar-refractivity contribution in [3.8, 4) is 5.75 Å². The van der Waals surface area contributed by atoms with Crippen molar-refractivity contribution in [2.45, 2.75) is 26.8 Å². The molecule has 1 atom stereocenters. The van der Waals surface area contributed by atoms with Crippen molar-refractivity contribution in [3.05, 3.63) is 44.9 Å². The Morgan fingerprint density at radius 2 is 2.00 bits per heavy atom. The van der Waals surface area contributed by atoms with Crippen molar-refractivity contribution >= 4 is 11.3 Å². The molecule has 96 valence electrons. The molecular formula is C14H18N2OS. The van der Waals surface area contributed by atoms with E-state index in [0.717, 1.165) is 26.9 Å². The van der Waals surface area contributed by atoms with Gasteiger partial charge in [-0.15, -0.1) is 11.3 Å². The molecule has 0 aliphatic heterocycles. The second kappa shape index (κ2) is 5.08. The maximum atomic E-state index is 6.37. The van der Waals surface area contributed by atoms with Gasteiger partial charge in [0.2, 0.25) is 0 Å². The van der Waals surface area contributed by atoms with Gasteiger partial charge in [-0.2, -0.15) is 0 Å². The highest BCUT2D eigenvalue weighted by Gasteiger charge is 2.19. The summed E-state index contributed by atoms with van der Waals surface area (Å²) in [5.41, 5.74) is 9.57. The highest BCUT2D eigenvalue weighted by molar-refractivity contribution is 7.11. The number of aryl methyl sites for hydroxylation is 3. The number of ether oxygens (including phenoxy) is 1. The van der Waals surface area contributed by atoms with Gasteiger partial charge in [-0.3, -0.25) is 0 Å². The van der Waals surface area contributed by atoms with E-state index < -0.39 is 0 Å². The SMILES string of the molecule is COc1ccc(C)cc1C(N)c1sc(C)nc1C. The lowest BCUT2D eigenvalue weighted by molar-refractivity contribution is 0.408. The predicted octanol–water partition coefficient (Wildman–Crippen LogP) is 3.13. The van der Waals surface area contributed by atoms with Gasteiger partial charge < -0.3 is 10.5 Å². The Bertz CT molecular complexity index is 563. The van der Waals surface area contributed by atoms with Gasteiger partial charge in [0.1, 0.15) is 5.75 Å². The summed E-state index contributed by atoms with van der Waals surface area (Å²) in [7, 11) is 1.67. The van der Waals surface area contributed by atoms with Gasteiger partial charge in [-0.25, -0.2) is 4.98 Å². The van der Waals surface area contributed by atoms with Gasteiger partial charge in [0.25, 0.3) is 0 Å². The van der Waals surface area contributed by atoms with Crippen LogP contribution in [-0.4, -0.2) is 12.1 Å². The molecule has 0 radical (unpaired) electrons. The standard InChI is InChI=1S/C14H18N2OS/c1-8-5-6-12(17-4)11(7-8)13(15)14-9(2)16-10(3)18-14/h5-7,13H,15H2,1-4H3. The van der Waals surface area contributed by atoms with Crippen LogP contribution in [0.4, 0.5) is 0 Å². The molecule has 1 aromatic heterocycles. The smallest absolute Gasteiger partial charge is 0.124 e. The van der Waals surface area contributed by atoms with E-state index in [1.54, 1.807) is 18.4 Å². The molecule has 2 rings (SSSR count). The van der Waals surface area contributed by atoms with Crippen LogP contribution in [0.2, 0.25) is 0 Å². The van der Waals surface area contributed by atoms with Gasteiger partial charge in [-0.05, 0) is 26.8 Å². The van der Waals surface area contributed by atoms with Crippen molar-refractivity contribution < 1.29 is 4.74 Å². The quantitative estimate of drug-likeness (QED) is 0.924. The molecule has 4 heteroatoms. The maximum Gasteiger partial charge on any atom is 0.124 e. The summed E-state index contributed by atoms with van der Waals surface area (Å²) in [6.45, 7) is 6.06. The Hall–Kier alpha value is -1.39. The highest BCUT2D eigenvalue weighted by atomic mass is 32.1. The molecule has 1 aromatic carbocycles. The van der Waals surface area contributed by atoms with Gasteiger partial charge in [0.15, 0.2) is 0 Å². The molecule has 0 saturated heterocycles. The largest absolute Gasteiger partial charge is 0.496 e. The first kappa shape index (κ1) is 13.1. The fourth-order valence-electron chi connectivity index (χ4n) is 2.07. The first-order chi connectivity index (χ1) is 8.52. The molecule has 1 unspecified atom stereocenters.